The lowest BCUT2D eigenvalue weighted by molar-refractivity contribution is 0.420. The van der Waals surface area contributed by atoms with E-state index in [0.717, 1.165) is 13.1 Å². The molecule has 0 aromatic carbocycles. The van der Waals surface area contributed by atoms with Gasteiger partial charge in [-0.1, -0.05) is 5.01 Å². The van der Waals surface area contributed by atoms with Crippen molar-refractivity contribution in [2.24, 2.45) is 0 Å². The van der Waals surface area contributed by atoms with Crippen LogP contribution >= 0.6 is 0 Å². The molecule has 0 saturated carbocycles. The van der Waals surface area contributed by atoms with Crippen LogP contribution in [0.2, 0.25) is 0 Å². The lowest BCUT2D eigenvalue weighted by atomic mass is 10.6. The summed E-state index contributed by atoms with van der Waals surface area (Å²) >= 11 is 0. The van der Waals surface area contributed by atoms with Crippen LogP contribution in [0.1, 0.15) is 0 Å². The van der Waals surface area contributed by atoms with E-state index in [9.17, 15) is 0 Å². The molecule has 0 amide bonds. The third kappa shape index (κ3) is 5.88. The summed E-state index contributed by atoms with van der Waals surface area (Å²) in [6.45, 7) is 2.00. The van der Waals surface area contributed by atoms with Crippen molar-refractivity contribution in [3.63, 3.8) is 0 Å². The highest BCUT2D eigenvalue weighted by Crippen LogP contribution is 1.55. The minimum absolute atomic E-state index is 0.990. The molecule has 0 aliphatic rings. The summed E-state index contributed by atoms with van der Waals surface area (Å²) < 4.78 is 0. The fourth-order valence-corrected chi connectivity index (χ4v) is 0.405. The highest BCUT2D eigenvalue weighted by molar-refractivity contribution is 4.43. The van der Waals surface area contributed by atoms with E-state index in [1.165, 1.54) is 0 Å². The fourth-order valence-electron chi connectivity index (χ4n) is 0.405. The second-order valence-electron chi connectivity index (χ2n) is 1.91. The largest absolute Gasteiger partial charge is 0.318 e. The molecule has 0 unspecified atom stereocenters. The second kappa shape index (κ2) is 5.03. The number of nitrogens with one attached hydrogen (secondary N) is 2. The molecule has 0 rings (SSSR count). The predicted molar refractivity (Wildman–Crippen MR) is 35.9 cm³/mol. The third-order valence-corrected chi connectivity index (χ3v) is 0.803. The predicted octanol–water partition coefficient (Wildman–Crippen LogP) is -0.890. The van der Waals surface area contributed by atoms with Gasteiger partial charge in [0.2, 0.25) is 0 Å². The Morgan fingerprint density at radius 3 is 2.25 bits per heavy atom. The van der Waals surface area contributed by atoms with Gasteiger partial charge in [-0.15, -0.1) is 5.43 Å². The molecule has 0 bridgehead atoms. The van der Waals surface area contributed by atoms with Crippen molar-refractivity contribution in [1.82, 2.24) is 15.8 Å². The van der Waals surface area contributed by atoms with Crippen molar-refractivity contribution in [3.05, 3.63) is 0 Å². The highest BCUT2D eigenvalue weighted by atomic mass is 15.5. The Kier molecular flexibility index (Phi) is 4.95. The molecule has 3 heteroatoms. The summed E-state index contributed by atoms with van der Waals surface area (Å²) in [5.74, 6) is 0. The van der Waals surface area contributed by atoms with Crippen molar-refractivity contribution in [2.45, 2.75) is 0 Å². The van der Waals surface area contributed by atoms with E-state index in [-0.39, 0.29) is 0 Å². The van der Waals surface area contributed by atoms with E-state index >= 15 is 0 Å². The Morgan fingerprint density at radius 2 is 1.88 bits per heavy atom. The topological polar surface area (TPSA) is 30.0 Å². The molecule has 49 valence electrons. The average Bonchev–Trinajstić information content (AvgIpc) is 1.66. The molecule has 0 fully saturated rings. The smallest absolute Gasteiger partial charge is 0.134 e. The number of nitrogens with zero attached hydrogens (tertiary/aromatic N) is 1. The molecule has 0 saturated heterocycles. The lowest BCUT2D eigenvalue weighted by Crippen LogP contribution is -2.39. The molecule has 3 nitrogen and oxygen atoms in total. The maximum atomic E-state index is 3.12. The van der Waals surface area contributed by atoms with Gasteiger partial charge in [0.15, 0.2) is 0 Å². The summed E-state index contributed by atoms with van der Waals surface area (Å²) in [6.07, 6.45) is 0. The Morgan fingerprint density at radius 1 is 1.25 bits per heavy atom. The van der Waals surface area contributed by atoms with Crippen LogP contribution in [0.25, 0.3) is 0 Å². The summed E-state index contributed by atoms with van der Waals surface area (Å²) in [4.78, 5) is 0. The van der Waals surface area contributed by atoms with Crippen LogP contribution < -0.4 is 15.8 Å². The van der Waals surface area contributed by atoms with Crippen LogP contribution in [-0.2, 0) is 0 Å². The van der Waals surface area contributed by atoms with Gasteiger partial charge in [-0.2, -0.15) is 0 Å². The molecular weight excluding hydrogens is 102 g/mol. The van der Waals surface area contributed by atoms with Crippen LogP contribution in [0.4, 0.5) is 0 Å². The fraction of sp³-hybridized carbons (Fsp3) is 1.00. The Hall–Kier alpha value is -0.120. The number of hydrogen-bond acceptors (Lipinski definition) is 3. The van der Waals surface area contributed by atoms with E-state index in [1.807, 2.05) is 26.2 Å². The van der Waals surface area contributed by atoms with Gasteiger partial charge in [0.05, 0.1) is 6.54 Å². The molecule has 0 aromatic heterocycles. The van der Waals surface area contributed by atoms with E-state index in [4.69, 9.17) is 0 Å². The highest BCUT2D eigenvalue weighted by Gasteiger charge is 1.92. The van der Waals surface area contributed by atoms with Crippen molar-refractivity contribution < 1.29 is 0 Å². The Bertz CT molecular complexity index is 44.9. The van der Waals surface area contributed by atoms with E-state index in [0.29, 0.717) is 0 Å². The molecule has 0 atom stereocenters. The number of hydrogen-bond donors (Lipinski definition) is 2. The van der Waals surface area contributed by atoms with Crippen LogP contribution in [0, 0.1) is 0 Å². The lowest BCUT2D eigenvalue weighted by Gasteiger charge is -1.99. The van der Waals surface area contributed by atoms with Crippen LogP contribution in [-0.4, -0.2) is 34.2 Å². The van der Waals surface area contributed by atoms with Crippen molar-refractivity contribution >= 4 is 0 Å². The first-order valence-electron chi connectivity index (χ1n) is 2.83. The third-order valence-electron chi connectivity index (χ3n) is 0.803. The summed E-state index contributed by atoms with van der Waals surface area (Å²) in [7, 11) is 5.91. The van der Waals surface area contributed by atoms with Crippen molar-refractivity contribution in [2.75, 3.05) is 34.2 Å². The molecule has 2 N–H and O–H groups in total. The van der Waals surface area contributed by atoms with Gasteiger partial charge in [-0.05, 0) is 7.05 Å². The molecule has 0 aromatic rings. The summed E-state index contributed by atoms with van der Waals surface area (Å²) in [6, 6.07) is 0. The zero-order valence-electron chi connectivity index (χ0n) is 5.86. The van der Waals surface area contributed by atoms with Crippen LogP contribution in [0.15, 0.2) is 0 Å². The first-order valence-corrected chi connectivity index (χ1v) is 2.83. The molecule has 0 spiro atoms. The van der Waals surface area contributed by atoms with Gasteiger partial charge in [0.25, 0.3) is 0 Å². The van der Waals surface area contributed by atoms with Gasteiger partial charge < -0.3 is 5.32 Å². The molecule has 0 aliphatic heterocycles. The number of rotatable bonds is 4. The first kappa shape index (κ1) is 7.88. The quantitative estimate of drug-likeness (QED) is 0.284. The van der Waals surface area contributed by atoms with Crippen molar-refractivity contribution in [1.29, 1.82) is 0 Å². The number of likely N-dealkylation sites (N-methyl/N-ethyl adjacent to an activating group) is 1. The first-order chi connectivity index (χ1) is 3.77. The van der Waals surface area contributed by atoms with E-state index in [2.05, 4.69) is 10.7 Å². The maximum absolute atomic E-state index is 3.12. The SMILES string of the molecule is CNCCN[N+](C)C. The minimum atomic E-state index is 0.990. The van der Waals surface area contributed by atoms with Gasteiger partial charge in [0, 0.05) is 6.54 Å². The molecule has 8 heavy (non-hydrogen) atoms. The van der Waals surface area contributed by atoms with Crippen LogP contribution in [0.5, 0.6) is 0 Å². The Balaban J connectivity index is 2.72. The molecular formula is C5H15N3+. The minimum Gasteiger partial charge on any atom is -0.318 e. The molecule has 0 heterocycles. The normalized spacial score (nSPS) is 10.5. The van der Waals surface area contributed by atoms with Crippen molar-refractivity contribution in [3.8, 4) is 0 Å². The van der Waals surface area contributed by atoms with Crippen LogP contribution in [0.3, 0.4) is 0 Å². The average molecular weight is 117 g/mol. The number of hydrazine groups is 1. The Labute approximate surface area is 51.0 Å². The van der Waals surface area contributed by atoms with Gasteiger partial charge in [-0.25, -0.2) is 0 Å². The summed E-state index contributed by atoms with van der Waals surface area (Å²) in [5, 5.41) is 4.98. The molecule has 0 aliphatic carbocycles. The van der Waals surface area contributed by atoms with E-state index < -0.39 is 0 Å². The van der Waals surface area contributed by atoms with Gasteiger partial charge in [-0.3, -0.25) is 0 Å². The standard InChI is InChI=1S/C5H15N3/c1-6-4-5-7-8(2)3/h6-7H,4-5H2,1-3H3/q+1. The monoisotopic (exact) mass is 117 g/mol. The maximum Gasteiger partial charge on any atom is 0.134 e. The van der Waals surface area contributed by atoms with E-state index in [1.54, 1.807) is 0 Å². The second-order valence-corrected chi connectivity index (χ2v) is 1.91. The molecule has 1 radical (unpaired) electrons. The zero-order valence-corrected chi connectivity index (χ0v) is 5.86. The van der Waals surface area contributed by atoms with Gasteiger partial charge in [0.1, 0.15) is 14.1 Å². The van der Waals surface area contributed by atoms with Gasteiger partial charge >= 0.3 is 0 Å². The zero-order chi connectivity index (χ0) is 6.41. The summed E-state index contributed by atoms with van der Waals surface area (Å²) in [5.41, 5.74) is 3.12.